The highest BCUT2D eigenvalue weighted by atomic mass is 35.5. The van der Waals surface area contributed by atoms with Crippen molar-refractivity contribution in [1.29, 1.82) is 0 Å². The average molecular weight is 412 g/mol. The van der Waals surface area contributed by atoms with Crippen LogP contribution in [0.1, 0.15) is 50.2 Å². The highest BCUT2D eigenvalue weighted by Gasteiger charge is 2.33. The topological polar surface area (TPSA) is 12.5 Å². The quantitative estimate of drug-likeness (QED) is 0.415. The minimum atomic E-state index is 0.411. The molecule has 29 heavy (non-hydrogen) atoms. The van der Waals surface area contributed by atoms with Crippen molar-refractivity contribution in [3.05, 3.63) is 76.8 Å². The second-order valence-corrected chi connectivity index (χ2v) is 9.17. The van der Waals surface area contributed by atoms with E-state index in [1.54, 1.807) is 7.11 Å². The van der Waals surface area contributed by atoms with E-state index in [0.717, 1.165) is 30.2 Å². The minimum absolute atomic E-state index is 0.411. The van der Waals surface area contributed by atoms with Crippen molar-refractivity contribution >= 4 is 11.6 Å². The predicted molar refractivity (Wildman–Crippen MR) is 124 cm³/mol. The molecule has 2 nitrogen and oxygen atoms in total. The zero-order valence-corrected chi connectivity index (χ0v) is 18.7. The number of benzene rings is 2. The molecule has 2 aromatic carbocycles. The van der Waals surface area contributed by atoms with Gasteiger partial charge < -0.3 is 4.74 Å². The maximum absolute atomic E-state index is 6.01. The third-order valence-electron chi connectivity index (χ3n) is 6.24. The summed E-state index contributed by atoms with van der Waals surface area (Å²) in [5.41, 5.74) is 4.48. The van der Waals surface area contributed by atoms with Crippen LogP contribution in [-0.4, -0.2) is 25.1 Å². The molecule has 0 spiro atoms. The molecule has 156 valence electrons. The first-order valence-corrected chi connectivity index (χ1v) is 11.1. The summed E-state index contributed by atoms with van der Waals surface area (Å²) in [7, 11) is 1.72. The molecule has 2 aromatic rings. The lowest BCUT2D eigenvalue weighted by Gasteiger charge is -2.42. The van der Waals surface area contributed by atoms with Crippen molar-refractivity contribution in [3.63, 3.8) is 0 Å². The number of allylic oxidation sites excluding steroid dienone is 1. The number of ether oxygens (including phenoxy) is 1. The number of piperidine rings is 1. The van der Waals surface area contributed by atoms with Gasteiger partial charge in [-0.2, -0.15) is 0 Å². The number of likely N-dealkylation sites (tertiary alicyclic amines) is 1. The Morgan fingerprint density at radius 1 is 1.03 bits per heavy atom. The second-order valence-electron chi connectivity index (χ2n) is 8.74. The van der Waals surface area contributed by atoms with Gasteiger partial charge in [0.2, 0.25) is 0 Å². The van der Waals surface area contributed by atoms with Crippen LogP contribution in [0.3, 0.4) is 0 Å². The van der Waals surface area contributed by atoms with Gasteiger partial charge in [-0.05, 0) is 99.3 Å². The molecular formula is C26H34ClNO. The Hall–Kier alpha value is -1.77. The van der Waals surface area contributed by atoms with Gasteiger partial charge in [0, 0.05) is 11.6 Å². The largest absolute Gasteiger partial charge is 0.497 e. The number of hydrogen-bond acceptors (Lipinski definition) is 2. The van der Waals surface area contributed by atoms with Crippen LogP contribution in [0.5, 0.6) is 5.75 Å². The molecule has 0 aromatic heterocycles. The molecule has 0 unspecified atom stereocenters. The number of hydrogen-bond donors (Lipinski definition) is 0. The highest BCUT2D eigenvalue weighted by Crippen LogP contribution is 2.42. The Balaban J connectivity index is 1.53. The van der Waals surface area contributed by atoms with Crippen LogP contribution in [0.25, 0.3) is 0 Å². The number of methoxy groups -OCH3 is 1. The molecule has 0 saturated carbocycles. The van der Waals surface area contributed by atoms with Crippen LogP contribution in [0, 0.1) is 5.41 Å². The van der Waals surface area contributed by atoms with Crippen LogP contribution in [0.2, 0.25) is 5.02 Å². The van der Waals surface area contributed by atoms with E-state index in [1.807, 2.05) is 12.1 Å². The number of aryl methyl sites for hydroxylation is 1. The normalized spacial score (nSPS) is 16.5. The zero-order chi connectivity index (χ0) is 20.7. The summed E-state index contributed by atoms with van der Waals surface area (Å²) in [5.74, 6) is 0.925. The van der Waals surface area contributed by atoms with Crippen molar-refractivity contribution in [2.45, 2.75) is 52.0 Å². The van der Waals surface area contributed by atoms with Crippen LogP contribution in [-0.2, 0) is 13.0 Å². The second kappa shape index (κ2) is 10.3. The highest BCUT2D eigenvalue weighted by molar-refractivity contribution is 6.30. The molecule has 1 aliphatic heterocycles. The Kier molecular flexibility index (Phi) is 7.80. The first-order valence-electron chi connectivity index (χ1n) is 10.7. The lowest BCUT2D eigenvalue weighted by atomic mass is 9.70. The smallest absolute Gasteiger partial charge is 0.118 e. The van der Waals surface area contributed by atoms with Crippen LogP contribution >= 0.6 is 11.6 Å². The molecule has 1 fully saturated rings. The average Bonchev–Trinajstić information content (AvgIpc) is 2.71. The van der Waals surface area contributed by atoms with Gasteiger partial charge >= 0.3 is 0 Å². The van der Waals surface area contributed by atoms with E-state index < -0.39 is 0 Å². The maximum atomic E-state index is 6.01. The molecule has 0 N–H and O–H groups in total. The molecule has 0 bridgehead atoms. The summed E-state index contributed by atoms with van der Waals surface area (Å²) in [5, 5.41) is 0.816. The summed E-state index contributed by atoms with van der Waals surface area (Å²) >= 11 is 6.01. The molecule has 0 radical (unpaired) electrons. The van der Waals surface area contributed by atoms with E-state index in [-0.39, 0.29) is 0 Å². The van der Waals surface area contributed by atoms with Gasteiger partial charge in [-0.15, -0.1) is 6.58 Å². The van der Waals surface area contributed by atoms with Crippen molar-refractivity contribution in [1.82, 2.24) is 4.90 Å². The standard InChI is InChI=1S/C26H34ClNO/c1-21(2)19-26(14-4-5-22-6-10-24(27)11-7-22)15-17-28(18-16-26)20-23-8-12-25(29-3)13-9-23/h6-13H,1,4-5,14-20H2,2-3H3. The van der Waals surface area contributed by atoms with Gasteiger partial charge in [0.1, 0.15) is 5.75 Å². The van der Waals surface area contributed by atoms with Gasteiger partial charge in [-0.1, -0.05) is 41.4 Å². The van der Waals surface area contributed by atoms with Crippen molar-refractivity contribution in [2.24, 2.45) is 5.41 Å². The van der Waals surface area contributed by atoms with Crippen LogP contribution in [0.4, 0.5) is 0 Å². The van der Waals surface area contributed by atoms with E-state index in [2.05, 4.69) is 54.8 Å². The van der Waals surface area contributed by atoms with Gasteiger partial charge in [0.05, 0.1) is 7.11 Å². The molecule has 1 aliphatic rings. The van der Waals surface area contributed by atoms with E-state index in [0.29, 0.717) is 5.41 Å². The first kappa shape index (κ1) is 21.9. The number of rotatable bonds is 9. The fourth-order valence-corrected chi connectivity index (χ4v) is 4.77. The Morgan fingerprint density at radius 2 is 1.66 bits per heavy atom. The SMILES string of the molecule is C=C(C)CC1(CCCc2ccc(Cl)cc2)CCN(Cc2ccc(OC)cc2)CC1. The van der Waals surface area contributed by atoms with E-state index in [4.69, 9.17) is 16.3 Å². The lowest BCUT2D eigenvalue weighted by Crippen LogP contribution is -2.40. The summed E-state index contributed by atoms with van der Waals surface area (Å²) in [4.78, 5) is 2.59. The molecule has 1 heterocycles. The van der Waals surface area contributed by atoms with Gasteiger partial charge in [-0.3, -0.25) is 4.90 Å². The Labute approximate surface area is 181 Å². The van der Waals surface area contributed by atoms with Crippen molar-refractivity contribution < 1.29 is 4.74 Å². The summed E-state index contributed by atoms with van der Waals surface area (Å²) in [6, 6.07) is 16.8. The summed E-state index contributed by atoms with van der Waals surface area (Å²) in [6.07, 6.45) is 7.31. The maximum Gasteiger partial charge on any atom is 0.118 e. The first-order chi connectivity index (χ1) is 14.0. The molecule has 1 saturated heterocycles. The molecule has 0 aliphatic carbocycles. The summed E-state index contributed by atoms with van der Waals surface area (Å²) < 4.78 is 5.27. The van der Waals surface area contributed by atoms with Crippen LogP contribution < -0.4 is 4.74 Å². The lowest BCUT2D eigenvalue weighted by molar-refractivity contribution is 0.0883. The minimum Gasteiger partial charge on any atom is -0.497 e. The third-order valence-corrected chi connectivity index (χ3v) is 6.50. The van der Waals surface area contributed by atoms with Gasteiger partial charge in [0.25, 0.3) is 0 Å². The van der Waals surface area contributed by atoms with Crippen molar-refractivity contribution in [2.75, 3.05) is 20.2 Å². The van der Waals surface area contributed by atoms with Gasteiger partial charge in [0.15, 0.2) is 0 Å². The molecular weight excluding hydrogens is 378 g/mol. The Morgan fingerprint density at radius 3 is 2.24 bits per heavy atom. The zero-order valence-electron chi connectivity index (χ0n) is 17.9. The fraction of sp³-hybridized carbons (Fsp3) is 0.462. The Bertz CT molecular complexity index is 773. The fourth-order valence-electron chi connectivity index (χ4n) is 4.65. The molecule has 3 rings (SSSR count). The third kappa shape index (κ3) is 6.62. The predicted octanol–water partition coefficient (Wildman–Crippen LogP) is 6.92. The molecule has 3 heteroatoms. The number of nitrogens with zero attached hydrogens (tertiary/aromatic N) is 1. The van der Waals surface area contributed by atoms with E-state index in [1.165, 1.54) is 55.5 Å². The van der Waals surface area contributed by atoms with E-state index in [9.17, 15) is 0 Å². The molecule has 0 atom stereocenters. The van der Waals surface area contributed by atoms with Crippen LogP contribution in [0.15, 0.2) is 60.7 Å². The number of halogens is 1. The van der Waals surface area contributed by atoms with E-state index >= 15 is 0 Å². The molecule has 0 amide bonds. The monoisotopic (exact) mass is 411 g/mol. The van der Waals surface area contributed by atoms with Crippen molar-refractivity contribution in [3.8, 4) is 5.75 Å². The van der Waals surface area contributed by atoms with Gasteiger partial charge in [-0.25, -0.2) is 0 Å². The summed E-state index contributed by atoms with van der Waals surface area (Å²) in [6.45, 7) is 9.78.